The Balaban J connectivity index is 1.43. The molecule has 1 heterocycles. The molecule has 7 rings (SSSR count). The van der Waals surface area contributed by atoms with Crippen LogP contribution in [-0.2, 0) is 16.0 Å². The Morgan fingerprint density at radius 1 is 1.27 bits per heavy atom. The lowest BCUT2D eigenvalue weighted by atomic mass is 9.45. The van der Waals surface area contributed by atoms with E-state index in [2.05, 4.69) is 33.2 Å². The van der Waals surface area contributed by atoms with Crippen molar-refractivity contribution in [3.05, 3.63) is 39.4 Å². The average molecular weight is 664 g/mol. The predicted octanol–water partition coefficient (Wildman–Crippen LogP) is 4.22. The molecule has 1 aromatic rings. The fourth-order valence-electron chi connectivity index (χ4n) is 10.2. The topological polar surface area (TPSA) is 145 Å². The van der Waals surface area contributed by atoms with E-state index < -0.39 is 39.9 Å². The van der Waals surface area contributed by atoms with Crippen molar-refractivity contribution in [3.8, 4) is 5.75 Å². The van der Waals surface area contributed by atoms with Crippen molar-refractivity contribution in [1.29, 1.82) is 0 Å². The second-order valence-corrected chi connectivity index (χ2v) is 13.9. The lowest BCUT2D eigenvalue weighted by molar-refractivity contribution is -0.141. The first-order chi connectivity index (χ1) is 19.0. The maximum atomic E-state index is 16.4. The molecule has 3 fully saturated rings. The highest BCUT2D eigenvalue weighted by Crippen LogP contribution is 2.99. The fourth-order valence-corrected chi connectivity index (χ4v) is 11.0. The molecular weight excluding hydrogens is 628 g/mol. The molecule has 1 aromatic carbocycles. The van der Waals surface area contributed by atoms with Crippen LogP contribution in [0.25, 0.3) is 5.76 Å². The highest BCUT2D eigenvalue weighted by atomic mass is 127. The fraction of sp³-hybridized carbons (Fsp3) is 0.600. The third-order valence-electron chi connectivity index (χ3n) is 11.9. The van der Waals surface area contributed by atoms with Crippen LogP contribution in [0.4, 0.5) is 10.1 Å². The minimum Gasteiger partial charge on any atom is -0.510 e. The third kappa shape index (κ3) is 2.59. The number of hydrogen-bond donors (Lipinski definition) is 6. The normalized spacial score (nSPS) is 40.2. The first-order valence-electron chi connectivity index (χ1n) is 14.3. The number of halogens is 2. The van der Waals surface area contributed by atoms with Gasteiger partial charge in [-0.3, -0.25) is 9.59 Å². The van der Waals surface area contributed by atoms with Crippen molar-refractivity contribution in [3.63, 3.8) is 0 Å². The van der Waals surface area contributed by atoms with Gasteiger partial charge in [-0.05, 0) is 67.3 Å². The number of fused-ring (bicyclic) bond motifs is 3. The number of rotatable bonds is 5. The Labute approximate surface area is 245 Å². The molecule has 0 bridgehead atoms. The van der Waals surface area contributed by atoms with E-state index in [1.165, 1.54) is 0 Å². The number of anilines is 1. The molecule has 0 radical (unpaired) electrons. The van der Waals surface area contributed by atoms with Gasteiger partial charge in [-0.1, -0.05) is 36.4 Å². The molecule has 0 saturated heterocycles. The van der Waals surface area contributed by atoms with Crippen LogP contribution in [0.1, 0.15) is 62.1 Å². The van der Waals surface area contributed by atoms with Gasteiger partial charge < -0.3 is 31.7 Å². The minimum atomic E-state index is -0.974. The van der Waals surface area contributed by atoms with Crippen molar-refractivity contribution in [2.45, 2.75) is 57.9 Å². The number of carbonyl (C=O) groups is 2. The number of nitrogens with two attached hydrogens (primary N) is 1. The van der Waals surface area contributed by atoms with Gasteiger partial charge >= 0.3 is 0 Å². The quantitative estimate of drug-likeness (QED) is 0.157. The molecule has 3 unspecified atom stereocenters. The minimum absolute atomic E-state index is 0.00107. The number of aliphatic hydroxyl groups excluding tert-OH is 2. The number of hydrogen-bond acceptors (Lipinski definition) is 7. The first-order valence-corrected chi connectivity index (χ1v) is 15.8. The van der Waals surface area contributed by atoms with Gasteiger partial charge in [0.1, 0.15) is 23.1 Å². The largest absolute Gasteiger partial charge is 0.510 e. The number of phenols is 1. The van der Waals surface area contributed by atoms with E-state index >= 15 is 4.39 Å². The molecule has 214 valence electrons. The number of primary amides is 1. The second-order valence-electron chi connectivity index (χ2n) is 12.8. The molecule has 1 amide bonds. The van der Waals surface area contributed by atoms with Crippen molar-refractivity contribution in [2.75, 3.05) is 23.3 Å². The number of amides is 1. The highest BCUT2D eigenvalue weighted by molar-refractivity contribution is 14.1. The first kappa shape index (κ1) is 26.6. The SMILES string of the molecule is CC[C@@]12C[C@@H]3Cc4c(F)c5c(c(O)c4C(O)=C3C(=O)[C@@]13C1CC13C(C(N)=O)=C(O)[C@H]2NC)NCC(CCI)[C@H]5C. The zero-order valence-corrected chi connectivity index (χ0v) is 25.0. The van der Waals surface area contributed by atoms with Gasteiger partial charge in [-0.2, -0.15) is 0 Å². The standard InChI is InChI=1S/C30H35FIN3O5/c1-4-28-8-13-7-14-18(23(37)21-16(20(14)31)11(2)12(5-6-32)10-35-21)22(36)17(13)26(39)30(28)15-9-29(15,30)19(27(33)40)24(38)25(28)34-3/h11-13,15,25,34-38H,4-10H2,1-3H3,(H2,33,40)/t11-,12?,13+,15?,25-,28+,29?,30+/m1/s1. The number of allylic oxidation sites excluding steroid dienone is 1. The Morgan fingerprint density at radius 3 is 2.60 bits per heavy atom. The average Bonchev–Trinajstić information content (AvgIpc) is 3.77. The van der Waals surface area contributed by atoms with Gasteiger partial charge in [0.05, 0.1) is 28.3 Å². The number of aliphatic hydroxyl groups is 2. The van der Waals surface area contributed by atoms with E-state index in [4.69, 9.17) is 5.73 Å². The second kappa shape index (κ2) is 8.14. The number of Topliss-reactive ketones (excluding diaryl/α,β-unsaturated/α-hetero) is 1. The van der Waals surface area contributed by atoms with Crippen molar-refractivity contribution in [2.24, 2.45) is 39.7 Å². The summed E-state index contributed by atoms with van der Waals surface area (Å²) in [5.41, 5.74) is 4.57. The third-order valence-corrected chi connectivity index (χ3v) is 12.5. The van der Waals surface area contributed by atoms with Crippen LogP contribution < -0.4 is 16.4 Å². The zero-order valence-electron chi connectivity index (χ0n) is 22.8. The number of likely N-dealkylation sites (N-methyl/N-ethyl adjacent to an activating group) is 1. The van der Waals surface area contributed by atoms with E-state index in [0.29, 0.717) is 37.1 Å². The molecule has 1 aliphatic heterocycles. The van der Waals surface area contributed by atoms with Crippen LogP contribution in [0.2, 0.25) is 0 Å². The van der Waals surface area contributed by atoms with Crippen LogP contribution in [0, 0.1) is 39.8 Å². The molecule has 0 aromatic heterocycles. The lowest BCUT2D eigenvalue weighted by Gasteiger charge is -2.58. The number of benzene rings is 1. The van der Waals surface area contributed by atoms with E-state index in [0.717, 1.165) is 10.8 Å². The highest BCUT2D eigenvalue weighted by Gasteiger charge is 3.00. The molecule has 7 N–H and O–H groups in total. The van der Waals surface area contributed by atoms with E-state index in [1.807, 2.05) is 13.8 Å². The summed E-state index contributed by atoms with van der Waals surface area (Å²) in [4.78, 5) is 27.3. The number of ketones is 1. The lowest BCUT2D eigenvalue weighted by Crippen LogP contribution is -2.64. The molecule has 10 heteroatoms. The van der Waals surface area contributed by atoms with Crippen LogP contribution in [-0.4, -0.2) is 51.1 Å². The smallest absolute Gasteiger partial charge is 0.248 e. The predicted molar refractivity (Wildman–Crippen MR) is 156 cm³/mol. The van der Waals surface area contributed by atoms with Gasteiger partial charge in [0, 0.05) is 34.1 Å². The van der Waals surface area contributed by atoms with Crippen molar-refractivity contribution < 1.29 is 29.3 Å². The zero-order chi connectivity index (χ0) is 28.7. The molecular formula is C30H35FIN3O5. The van der Waals surface area contributed by atoms with Crippen LogP contribution in [0.5, 0.6) is 5.75 Å². The van der Waals surface area contributed by atoms with Crippen molar-refractivity contribution >= 4 is 45.7 Å². The van der Waals surface area contributed by atoms with Gasteiger partial charge in [0.2, 0.25) is 5.91 Å². The number of alkyl halides is 1. The maximum Gasteiger partial charge on any atom is 0.248 e. The molecule has 3 saturated carbocycles. The number of aromatic hydroxyl groups is 1. The van der Waals surface area contributed by atoms with Crippen LogP contribution in [0.3, 0.4) is 0 Å². The molecule has 8 atom stereocenters. The van der Waals surface area contributed by atoms with Crippen LogP contribution in [0.15, 0.2) is 16.9 Å². The number of carbonyl (C=O) groups excluding carboxylic acids is 2. The summed E-state index contributed by atoms with van der Waals surface area (Å²) in [6.45, 7) is 4.56. The van der Waals surface area contributed by atoms with Gasteiger partial charge in [-0.25, -0.2) is 4.39 Å². The van der Waals surface area contributed by atoms with Crippen molar-refractivity contribution in [1.82, 2.24) is 5.32 Å². The van der Waals surface area contributed by atoms with Gasteiger partial charge in [0.25, 0.3) is 0 Å². The maximum absolute atomic E-state index is 16.4. The molecule has 8 nitrogen and oxygen atoms in total. The van der Waals surface area contributed by atoms with E-state index in [1.54, 1.807) is 7.05 Å². The van der Waals surface area contributed by atoms with Gasteiger partial charge in [-0.15, -0.1) is 0 Å². The Morgan fingerprint density at radius 2 is 2.00 bits per heavy atom. The van der Waals surface area contributed by atoms with Crippen LogP contribution >= 0.6 is 22.6 Å². The molecule has 6 aliphatic rings. The Kier molecular flexibility index (Phi) is 5.41. The monoisotopic (exact) mass is 663 g/mol. The summed E-state index contributed by atoms with van der Waals surface area (Å²) in [6.07, 6.45) is 2.64. The summed E-state index contributed by atoms with van der Waals surface area (Å²) >= 11 is 2.32. The van der Waals surface area contributed by atoms with Gasteiger partial charge in [0.15, 0.2) is 5.78 Å². The molecule has 40 heavy (non-hydrogen) atoms. The van der Waals surface area contributed by atoms with E-state index in [-0.39, 0.29) is 69.5 Å². The Bertz CT molecular complexity index is 1490. The molecule has 2 spiro atoms. The summed E-state index contributed by atoms with van der Waals surface area (Å²) in [7, 11) is 1.70. The van der Waals surface area contributed by atoms with E-state index in [9.17, 15) is 24.9 Å². The summed E-state index contributed by atoms with van der Waals surface area (Å²) in [6, 6.07) is -0.674. The summed E-state index contributed by atoms with van der Waals surface area (Å²) in [5.74, 6) is -2.62. The summed E-state index contributed by atoms with van der Waals surface area (Å²) in [5, 5.41) is 40.9. The Hall–Kier alpha value is -2.34. The number of nitrogens with one attached hydrogen (secondary N) is 2. The number of phenolic OH excluding ortho intramolecular Hbond substituents is 1. The summed E-state index contributed by atoms with van der Waals surface area (Å²) < 4.78 is 17.4. The molecule has 5 aliphatic carbocycles.